The van der Waals surface area contributed by atoms with E-state index in [1.54, 1.807) is 0 Å². The highest BCUT2D eigenvalue weighted by molar-refractivity contribution is 7.89. The van der Waals surface area contributed by atoms with Crippen LogP contribution in [0.25, 0.3) is 0 Å². The van der Waals surface area contributed by atoms with Gasteiger partial charge in [0.05, 0.1) is 19.1 Å². The van der Waals surface area contributed by atoms with Gasteiger partial charge in [0.25, 0.3) is 0 Å². The number of esters is 1. The molecule has 0 saturated carbocycles. The van der Waals surface area contributed by atoms with Gasteiger partial charge in [0, 0.05) is 18.2 Å². The van der Waals surface area contributed by atoms with E-state index in [0.717, 1.165) is 19.4 Å². The zero-order chi connectivity index (χ0) is 17.0. The first kappa shape index (κ1) is 17.7. The molecule has 8 heteroatoms. The smallest absolute Gasteiger partial charge is 0.341 e. The second-order valence-electron chi connectivity index (χ2n) is 5.55. The summed E-state index contributed by atoms with van der Waals surface area (Å²) in [5, 5.41) is 3.28. The Balaban J connectivity index is 2.24. The topological polar surface area (TPSA) is 93.7 Å². The van der Waals surface area contributed by atoms with Crippen LogP contribution >= 0.6 is 0 Å². The van der Waals surface area contributed by atoms with E-state index in [1.807, 2.05) is 6.92 Å². The average Bonchev–Trinajstić information content (AvgIpc) is 2.53. The number of methoxy groups -OCH3 is 2. The van der Waals surface area contributed by atoms with E-state index in [2.05, 4.69) is 14.8 Å². The number of piperidine rings is 1. The number of carbonyl (C=O) groups is 1. The summed E-state index contributed by atoms with van der Waals surface area (Å²) in [6.45, 7) is 2.80. The Labute approximate surface area is 136 Å². The van der Waals surface area contributed by atoms with Crippen LogP contribution in [-0.2, 0) is 14.8 Å². The van der Waals surface area contributed by atoms with Crippen molar-refractivity contribution < 1.29 is 22.7 Å². The Morgan fingerprint density at radius 1 is 1.35 bits per heavy atom. The van der Waals surface area contributed by atoms with Crippen molar-refractivity contribution in [1.82, 2.24) is 10.0 Å². The maximum atomic E-state index is 12.5. The molecule has 23 heavy (non-hydrogen) atoms. The van der Waals surface area contributed by atoms with E-state index in [1.165, 1.54) is 32.4 Å². The molecule has 1 aromatic carbocycles. The molecule has 0 aliphatic carbocycles. The lowest BCUT2D eigenvalue weighted by Crippen LogP contribution is -2.46. The highest BCUT2D eigenvalue weighted by Gasteiger charge is 2.25. The fourth-order valence-corrected chi connectivity index (χ4v) is 3.94. The molecule has 0 amide bonds. The number of benzene rings is 1. The van der Waals surface area contributed by atoms with Crippen LogP contribution in [0.5, 0.6) is 5.75 Å². The third-order valence-corrected chi connectivity index (χ3v) is 5.35. The van der Waals surface area contributed by atoms with E-state index in [-0.39, 0.29) is 28.3 Å². The van der Waals surface area contributed by atoms with E-state index < -0.39 is 16.0 Å². The lowest BCUT2D eigenvalue weighted by molar-refractivity contribution is 0.0597. The standard InChI is InChI=1S/C15H22N2O5S/c1-10-8-11(6-7-16-10)17-23(19,20)12-4-5-13(15(18)22-3)14(9-12)21-2/h4-5,9-11,16-17H,6-8H2,1-3H3. The molecule has 0 aromatic heterocycles. The number of ether oxygens (including phenoxy) is 2. The molecular weight excluding hydrogens is 320 g/mol. The minimum Gasteiger partial charge on any atom is -0.496 e. The van der Waals surface area contributed by atoms with Crippen molar-refractivity contribution in [3.63, 3.8) is 0 Å². The number of rotatable bonds is 5. The zero-order valence-electron chi connectivity index (χ0n) is 13.5. The summed E-state index contributed by atoms with van der Waals surface area (Å²) in [5.74, 6) is -0.413. The van der Waals surface area contributed by atoms with Gasteiger partial charge in [-0.05, 0) is 38.4 Å². The molecule has 1 aliphatic rings. The minimum absolute atomic E-state index is 0.0631. The van der Waals surface area contributed by atoms with Gasteiger partial charge in [0.2, 0.25) is 10.0 Å². The molecule has 1 aromatic rings. The summed E-state index contributed by atoms with van der Waals surface area (Å²) < 4.78 is 37.5. The van der Waals surface area contributed by atoms with Gasteiger partial charge in [-0.1, -0.05) is 0 Å². The summed E-state index contributed by atoms with van der Waals surface area (Å²) >= 11 is 0. The van der Waals surface area contributed by atoms with Crippen LogP contribution < -0.4 is 14.8 Å². The molecule has 1 fully saturated rings. The second kappa shape index (κ2) is 7.29. The van der Waals surface area contributed by atoms with Gasteiger partial charge < -0.3 is 14.8 Å². The Bertz CT molecular complexity index is 674. The van der Waals surface area contributed by atoms with Crippen LogP contribution in [0, 0.1) is 0 Å². The van der Waals surface area contributed by atoms with Crippen LogP contribution in [0.1, 0.15) is 30.1 Å². The van der Waals surface area contributed by atoms with Gasteiger partial charge in [-0.3, -0.25) is 0 Å². The van der Waals surface area contributed by atoms with Crippen molar-refractivity contribution in [2.75, 3.05) is 20.8 Å². The van der Waals surface area contributed by atoms with Crippen LogP contribution in [-0.4, -0.2) is 47.2 Å². The molecule has 2 rings (SSSR count). The van der Waals surface area contributed by atoms with Gasteiger partial charge >= 0.3 is 5.97 Å². The number of nitrogens with one attached hydrogen (secondary N) is 2. The number of sulfonamides is 1. The van der Waals surface area contributed by atoms with Crippen LogP contribution in [0.15, 0.2) is 23.1 Å². The van der Waals surface area contributed by atoms with Gasteiger partial charge in [0.15, 0.2) is 0 Å². The first-order chi connectivity index (χ1) is 10.9. The summed E-state index contributed by atoms with van der Waals surface area (Å²) in [4.78, 5) is 11.7. The molecule has 0 bridgehead atoms. The maximum absolute atomic E-state index is 12.5. The SMILES string of the molecule is COC(=O)c1ccc(S(=O)(=O)NC2CCNC(C)C2)cc1OC. The molecule has 1 aliphatic heterocycles. The highest BCUT2D eigenvalue weighted by Crippen LogP contribution is 2.24. The molecule has 128 valence electrons. The average molecular weight is 342 g/mol. The highest BCUT2D eigenvalue weighted by atomic mass is 32.2. The summed E-state index contributed by atoms with van der Waals surface area (Å²) in [5.41, 5.74) is 0.185. The third kappa shape index (κ3) is 4.21. The molecular formula is C15H22N2O5S. The summed E-state index contributed by atoms with van der Waals surface area (Å²) in [6.07, 6.45) is 1.47. The lowest BCUT2D eigenvalue weighted by Gasteiger charge is -2.28. The lowest BCUT2D eigenvalue weighted by atomic mass is 10.0. The molecule has 2 atom stereocenters. The molecule has 2 unspecified atom stereocenters. The number of hydrogen-bond donors (Lipinski definition) is 2. The Kier molecular flexibility index (Phi) is 5.61. The summed E-state index contributed by atoms with van der Waals surface area (Å²) in [7, 11) is -1.04. The van der Waals surface area contributed by atoms with Crippen molar-refractivity contribution in [2.45, 2.75) is 36.7 Å². The fraction of sp³-hybridized carbons (Fsp3) is 0.533. The number of carbonyl (C=O) groups excluding carboxylic acids is 1. The van der Waals surface area contributed by atoms with Crippen molar-refractivity contribution in [2.24, 2.45) is 0 Å². The monoisotopic (exact) mass is 342 g/mol. The first-order valence-corrected chi connectivity index (χ1v) is 8.87. The van der Waals surface area contributed by atoms with Gasteiger partial charge in [0.1, 0.15) is 11.3 Å². The second-order valence-corrected chi connectivity index (χ2v) is 7.27. The fourth-order valence-electron chi connectivity index (χ4n) is 2.64. The van der Waals surface area contributed by atoms with E-state index in [9.17, 15) is 13.2 Å². The van der Waals surface area contributed by atoms with E-state index in [0.29, 0.717) is 0 Å². The predicted octanol–water partition coefficient (Wildman–Crippen LogP) is 0.901. The molecule has 0 radical (unpaired) electrons. The molecule has 1 heterocycles. The third-order valence-electron chi connectivity index (χ3n) is 3.83. The molecule has 1 saturated heterocycles. The van der Waals surface area contributed by atoms with Gasteiger partial charge in [-0.2, -0.15) is 0 Å². The summed E-state index contributed by atoms with van der Waals surface area (Å²) in [6, 6.07) is 4.26. The predicted molar refractivity (Wildman–Crippen MR) is 85.1 cm³/mol. The molecule has 7 nitrogen and oxygen atoms in total. The van der Waals surface area contributed by atoms with Gasteiger partial charge in [-0.25, -0.2) is 17.9 Å². The normalized spacial score (nSPS) is 21.7. The maximum Gasteiger partial charge on any atom is 0.341 e. The molecule has 0 spiro atoms. The van der Waals surface area contributed by atoms with Crippen molar-refractivity contribution >= 4 is 16.0 Å². The minimum atomic E-state index is -3.68. The van der Waals surface area contributed by atoms with Crippen molar-refractivity contribution in [3.8, 4) is 5.75 Å². The van der Waals surface area contributed by atoms with Crippen LogP contribution in [0.2, 0.25) is 0 Å². The van der Waals surface area contributed by atoms with E-state index in [4.69, 9.17) is 4.74 Å². The van der Waals surface area contributed by atoms with Crippen LogP contribution in [0.4, 0.5) is 0 Å². The Morgan fingerprint density at radius 2 is 2.09 bits per heavy atom. The van der Waals surface area contributed by atoms with Crippen molar-refractivity contribution in [1.29, 1.82) is 0 Å². The largest absolute Gasteiger partial charge is 0.496 e. The molecule has 2 N–H and O–H groups in total. The Morgan fingerprint density at radius 3 is 2.70 bits per heavy atom. The van der Waals surface area contributed by atoms with Crippen molar-refractivity contribution in [3.05, 3.63) is 23.8 Å². The quantitative estimate of drug-likeness (QED) is 0.772. The van der Waals surface area contributed by atoms with Gasteiger partial charge in [-0.15, -0.1) is 0 Å². The first-order valence-electron chi connectivity index (χ1n) is 7.39. The Hall–Kier alpha value is -1.64. The van der Waals surface area contributed by atoms with E-state index >= 15 is 0 Å². The zero-order valence-corrected chi connectivity index (χ0v) is 14.3. The number of hydrogen-bond acceptors (Lipinski definition) is 6. The van der Waals surface area contributed by atoms with Crippen LogP contribution in [0.3, 0.4) is 0 Å².